The third-order valence-electron chi connectivity index (χ3n) is 8.66. The average Bonchev–Trinajstić information content (AvgIpc) is 1.02. The van der Waals surface area contributed by atoms with Crippen molar-refractivity contribution in [2.24, 2.45) is 0 Å². The first-order valence-electron chi connectivity index (χ1n) is 31.4. The lowest BCUT2D eigenvalue weighted by atomic mass is 10.2. The number of hydrogen-bond donors (Lipinski definition) is 14. The summed E-state index contributed by atoms with van der Waals surface area (Å²) in [4.78, 5) is 130. The molecule has 0 aliphatic rings. The van der Waals surface area contributed by atoms with Crippen LogP contribution in [-0.4, -0.2) is 155 Å². The third-order valence-corrected chi connectivity index (χ3v) is 8.66. The van der Waals surface area contributed by atoms with Crippen LogP contribution < -0.4 is 0 Å². The van der Waals surface area contributed by atoms with Crippen LogP contribution in [-0.2, 0) is 67.1 Å². The van der Waals surface area contributed by atoms with Crippen LogP contribution in [0, 0.1) is 0 Å². The quantitative estimate of drug-likeness (QED) is 0.0316. The Kier molecular flexibility index (Phi) is 128. The minimum absolute atomic E-state index is 0.833. The summed E-state index contributed by atoms with van der Waals surface area (Å²) >= 11 is 0. The second-order valence-corrected chi connectivity index (χ2v) is 17.3. The molecular weight excluding hydrogens is 1530 g/mol. The summed E-state index contributed by atoms with van der Waals surface area (Å²) in [5.74, 6) is -13.7. The molecule has 0 aromatic heterocycles. The number of aliphatic carboxylic acids is 14. The summed E-state index contributed by atoms with van der Waals surface area (Å²) in [6.45, 7) is 63.2. The molecule has 0 amide bonds. The van der Waals surface area contributed by atoms with Gasteiger partial charge in [-0.3, -0.25) is 0 Å². The summed E-state index contributed by atoms with van der Waals surface area (Å²) in [7, 11) is 0. The highest BCUT2D eigenvalue weighted by molar-refractivity contribution is 5.83. The molecule has 14 N–H and O–H groups in total. The second-order valence-electron chi connectivity index (χ2n) is 17.3. The van der Waals surface area contributed by atoms with E-state index in [0.717, 1.165) is 85.1 Å². The van der Waals surface area contributed by atoms with Gasteiger partial charge in [-0.15, -0.1) is 0 Å². The van der Waals surface area contributed by atoms with Crippen LogP contribution in [0.3, 0.4) is 0 Å². The van der Waals surface area contributed by atoms with Gasteiger partial charge >= 0.3 is 83.6 Å². The molecule has 28 heteroatoms. The van der Waals surface area contributed by atoms with Crippen molar-refractivity contribution >= 4 is 120 Å². The van der Waals surface area contributed by atoms with Gasteiger partial charge in [-0.05, 0) is 33.4 Å². The van der Waals surface area contributed by atoms with E-state index in [2.05, 4.69) is 132 Å². The Morgan fingerprint density at radius 2 is 0.186 bits per heavy atom. The van der Waals surface area contributed by atoms with E-state index in [4.69, 9.17) is 71.5 Å². The van der Waals surface area contributed by atoms with Crippen LogP contribution in [0.5, 0.6) is 0 Å². The largest absolute Gasteiger partial charge is 0.478 e. The second kappa shape index (κ2) is 113. The van der Waals surface area contributed by atoms with Crippen molar-refractivity contribution in [1.29, 1.82) is 0 Å². The van der Waals surface area contributed by atoms with Crippen molar-refractivity contribution in [2.45, 2.75) is 0 Å². The van der Waals surface area contributed by atoms with Crippen LogP contribution in [0.15, 0.2) is 399 Å². The number of carbonyl (C=O) groups is 14. The van der Waals surface area contributed by atoms with Crippen molar-refractivity contribution in [2.75, 3.05) is 0 Å². The van der Waals surface area contributed by atoms with Crippen LogP contribution in [0.1, 0.15) is 33.4 Å². The van der Waals surface area contributed by atoms with Crippen molar-refractivity contribution < 1.29 is 139 Å². The molecule has 0 fully saturated rings. The van der Waals surface area contributed by atoms with Crippen molar-refractivity contribution in [3.05, 3.63) is 432 Å². The van der Waals surface area contributed by atoms with Gasteiger partial charge in [-0.2, -0.15) is 0 Å². The Balaban J connectivity index is -0.0000000808. The van der Waals surface area contributed by atoms with E-state index >= 15 is 0 Å². The van der Waals surface area contributed by atoms with Crippen LogP contribution in [0.2, 0.25) is 0 Å². The molecule has 0 saturated heterocycles. The molecule has 6 aromatic carbocycles. The molecule has 6 rings (SSSR count). The van der Waals surface area contributed by atoms with Gasteiger partial charge in [0.15, 0.2) is 0 Å². The molecule has 0 bridgehead atoms. The van der Waals surface area contributed by atoms with E-state index in [0.29, 0.717) is 0 Å². The predicted molar refractivity (Wildman–Crippen MR) is 469 cm³/mol. The lowest BCUT2D eigenvalue weighted by Crippen LogP contribution is -1.82. The number of carboxylic acids is 14. The first kappa shape index (κ1) is 133. The highest BCUT2D eigenvalue weighted by atomic mass is 16.4. The molecule has 0 spiro atoms. The fourth-order valence-corrected chi connectivity index (χ4v) is 3.53. The first-order chi connectivity index (χ1) is 55.4. The van der Waals surface area contributed by atoms with Crippen LogP contribution >= 0.6 is 0 Å². The Hall–Kier alpha value is -17.3. The fraction of sp³-hybridized carbons (Fsp3) is 0. The monoisotopic (exact) mass is 1630 g/mol. The molecule has 28 nitrogen and oxygen atoms in total. The zero-order chi connectivity index (χ0) is 94.9. The molecule has 0 heterocycles. The zero-order valence-corrected chi connectivity index (χ0v) is 65.0. The number of benzene rings is 6. The van der Waals surface area contributed by atoms with Gasteiger partial charge in [-0.25, -0.2) is 67.1 Å². The van der Waals surface area contributed by atoms with Gasteiger partial charge in [0.25, 0.3) is 0 Å². The summed E-state index contributed by atoms with van der Waals surface area (Å²) in [5, 5.41) is 106. The summed E-state index contributed by atoms with van der Waals surface area (Å²) in [6.07, 6.45) is 22.7. The summed E-state index contributed by atoms with van der Waals surface area (Å²) < 4.78 is 0. The predicted octanol–water partition coefficient (Wildman–Crippen LogP) is 17.6. The van der Waals surface area contributed by atoms with E-state index < -0.39 is 83.6 Å². The molecule has 118 heavy (non-hydrogen) atoms. The molecule has 6 aromatic rings. The molecular formula is C90H104O28. The number of carboxylic acid groups (broad SMARTS) is 14. The summed E-state index contributed by atoms with van der Waals surface area (Å²) in [5.41, 5.74) is 7.04. The van der Waals surface area contributed by atoms with E-state index in [1.165, 1.54) is 33.4 Å². The molecule has 0 atom stereocenters. The summed E-state index contributed by atoms with van der Waals surface area (Å²) in [6, 6.07) is 60.2. The van der Waals surface area contributed by atoms with Crippen molar-refractivity contribution in [3.63, 3.8) is 0 Å². The highest BCUT2D eigenvalue weighted by Gasteiger charge is 1.84. The standard InChI is InChI=1S/6C8H8.14C3H4O2/c6*1-2-8-6-4-3-5-7-8;14*1-2-3(4)5/h6*2-7H,1H2;14*2H,1H2,(H,4,5). The van der Waals surface area contributed by atoms with E-state index in [1.807, 2.05) is 218 Å². The number of rotatable bonds is 20. The Morgan fingerprint density at radius 1 is 0.136 bits per heavy atom. The molecule has 0 aliphatic carbocycles. The van der Waals surface area contributed by atoms with Gasteiger partial charge < -0.3 is 71.5 Å². The minimum Gasteiger partial charge on any atom is -0.478 e. The van der Waals surface area contributed by atoms with E-state index in [1.54, 1.807) is 0 Å². The first-order valence-corrected chi connectivity index (χ1v) is 31.4. The maximum absolute atomic E-state index is 9.25. The van der Waals surface area contributed by atoms with Gasteiger partial charge in [-0.1, -0.05) is 350 Å². The average molecular weight is 1630 g/mol. The van der Waals surface area contributed by atoms with Crippen molar-refractivity contribution in [3.8, 4) is 0 Å². The zero-order valence-electron chi connectivity index (χ0n) is 65.0. The van der Waals surface area contributed by atoms with Gasteiger partial charge in [0.2, 0.25) is 0 Å². The fourth-order valence-electron chi connectivity index (χ4n) is 3.53. The molecule has 0 radical (unpaired) electrons. The Bertz CT molecular complexity index is 3110. The van der Waals surface area contributed by atoms with E-state index in [-0.39, 0.29) is 0 Å². The lowest BCUT2D eigenvalue weighted by molar-refractivity contribution is -0.132. The van der Waals surface area contributed by atoms with Crippen LogP contribution in [0.4, 0.5) is 0 Å². The number of hydrogen-bond acceptors (Lipinski definition) is 14. The minimum atomic E-state index is -0.981. The Labute approximate surface area is 687 Å². The topological polar surface area (TPSA) is 522 Å². The maximum atomic E-state index is 9.25. The van der Waals surface area contributed by atoms with Crippen LogP contribution in [0.25, 0.3) is 36.5 Å². The molecule has 0 saturated carbocycles. The van der Waals surface area contributed by atoms with Gasteiger partial charge in [0.05, 0.1) is 0 Å². The van der Waals surface area contributed by atoms with Gasteiger partial charge in [0, 0.05) is 85.1 Å². The maximum Gasteiger partial charge on any atom is 0.327 e. The molecule has 632 valence electrons. The van der Waals surface area contributed by atoms with Crippen molar-refractivity contribution in [1.82, 2.24) is 0 Å². The molecule has 0 aliphatic heterocycles. The normalized spacial score (nSPS) is 7.25. The smallest absolute Gasteiger partial charge is 0.327 e. The molecule has 0 unspecified atom stereocenters. The lowest BCUT2D eigenvalue weighted by Gasteiger charge is -1.85. The highest BCUT2D eigenvalue weighted by Crippen LogP contribution is 2.01. The Morgan fingerprint density at radius 3 is 0.212 bits per heavy atom. The van der Waals surface area contributed by atoms with E-state index in [9.17, 15) is 67.1 Å². The SMILES string of the molecule is C=CC(=O)O.C=CC(=O)O.C=CC(=O)O.C=CC(=O)O.C=CC(=O)O.C=CC(=O)O.C=CC(=O)O.C=CC(=O)O.C=CC(=O)O.C=CC(=O)O.C=CC(=O)O.C=CC(=O)O.C=CC(=O)O.C=CC(=O)O.C=Cc1ccccc1.C=Cc1ccccc1.C=Cc1ccccc1.C=Cc1ccccc1.C=Cc1ccccc1.C=Cc1ccccc1. The third kappa shape index (κ3) is 188. The van der Waals surface area contributed by atoms with Gasteiger partial charge in [0.1, 0.15) is 0 Å².